The van der Waals surface area contributed by atoms with Gasteiger partial charge in [0, 0.05) is 13.1 Å². The molecular weight excluding hydrogens is 269 g/mol. The Bertz CT molecular complexity index is 437. The van der Waals surface area contributed by atoms with E-state index in [1.54, 1.807) is 6.07 Å². The van der Waals surface area contributed by atoms with Crippen molar-refractivity contribution in [1.29, 1.82) is 0 Å². The third-order valence-corrected chi connectivity index (χ3v) is 3.47. The van der Waals surface area contributed by atoms with Crippen LogP contribution in [0.3, 0.4) is 0 Å². The summed E-state index contributed by atoms with van der Waals surface area (Å²) in [5.74, 6) is 0.320. The monoisotopic (exact) mass is 288 g/mol. The van der Waals surface area contributed by atoms with Gasteiger partial charge in [0.25, 0.3) is 0 Å². The zero-order chi connectivity index (χ0) is 14.6. The first kappa shape index (κ1) is 15.1. The molecule has 112 valence electrons. The summed E-state index contributed by atoms with van der Waals surface area (Å²) >= 11 is 0. The Kier molecular flexibility index (Phi) is 4.88. The molecule has 1 fully saturated rings. The number of hydrogen-bond donors (Lipinski definition) is 1. The molecule has 1 unspecified atom stereocenters. The zero-order valence-corrected chi connectivity index (χ0v) is 11.2. The van der Waals surface area contributed by atoms with Gasteiger partial charge < -0.3 is 10.5 Å². The Morgan fingerprint density at radius 1 is 1.35 bits per heavy atom. The van der Waals surface area contributed by atoms with Crippen molar-refractivity contribution in [1.82, 2.24) is 4.90 Å². The van der Waals surface area contributed by atoms with E-state index in [-0.39, 0.29) is 5.75 Å². The average Bonchev–Trinajstić information content (AvgIpc) is 2.37. The number of benzene rings is 1. The molecule has 1 aliphatic heterocycles. The van der Waals surface area contributed by atoms with Gasteiger partial charge in [0.2, 0.25) is 0 Å². The van der Waals surface area contributed by atoms with Gasteiger partial charge in [-0.15, -0.1) is 13.2 Å². The van der Waals surface area contributed by atoms with E-state index in [2.05, 4.69) is 9.64 Å². The van der Waals surface area contributed by atoms with Gasteiger partial charge in [0.05, 0.1) is 0 Å². The lowest BCUT2D eigenvalue weighted by atomic mass is 9.98. The first-order valence-corrected chi connectivity index (χ1v) is 6.73. The minimum absolute atomic E-state index is 0.164. The highest BCUT2D eigenvalue weighted by Gasteiger charge is 2.31. The lowest BCUT2D eigenvalue weighted by Gasteiger charge is -2.32. The molecular formula is C14H19F3N2O. The van der Waals surface area contributed by atoms with E-state index >= 15 is 0 Å². The quantitative estimate of drug-likeness (QED) is 0.926. The molecule has 0 amide bonds. The molecule has 2 rings (SSSR count). The lowest BCUT2D eigenvalue weighted by molar-refractivity contribution is -0.274. The van der Waals surface area contributed by atoms with Gasteiger partial charge in [-0.1, -0.05) is 12.1 Å². The summed E-state index contributed by atoms with van der Waals surface area (Å²) in [6, 6.07) is 6.16. The van der Waals surface area contributed by atoms with Gasteiger partial charge in [-0.3, -0.25) is 4.90 Å². The summed E-state index contributed by atoms with van der Waals surface area (Å²) in [7, 11) is 0. The Hall–Kier alpha value is -1.27. The highest BCUT2D eigenvalue weighted by atomic mass is 19.4. The number of nitrogens with zero attached hydrogens (tertiary/aromatic N) is 1. The molecule has 1 aromatic rings. The smallest absolute Gasteiger partial charge is 0.406 e. The highest BCUT2D eigenvalue weighted by molar-refractivity contribution is 5.28. The number of likely N-dealkylation sites (tertiary alicyclic amines) is 1. The Morgan fingerprint density at radius 2 is 2.15 bits per heavy atom. The Balaban J connectivity index is 1.97. The van der Waals surface area contributed by atoms with Crippen LogP contribution in [0.5, 0.6) is 5.75 Å². The summed E-state index contributed by atoms with van der Waals surface area (Å²) in [6.45, 7) is 3.15. The number of hydrogen-bond acceptors (Lipinski definition) is 3. The normalized spacial score (nSPS) is 20.9. The van der Waals surface area contributed by atoms with Crippen LogP contribution in [-0.2, 0) is 6.54 Å². The fraction of sp³-hybridized carbons (Fsp3) is 0.571. The Morgan fingerprint density at radius 3 is 2.85 bits per heavy atom. The minimum Gasteiger partial charge on any atom is -0.406 e. The van der Waals surface area contributed by atoms with Crippen molar-refractivity contribution in [2.24, 2.45) is 11.7 Å². The van der Waals surface area contributed by atoms with E-state index in [0.717, 1.165) is 31.5 Å². The highest BCUT2D eigenvalue weighted by Crippen LogP contribution is 2.24. The fourth-order valence-electron chi connectivity index (χ4n) is 2.59. The molecule has 0 spiro atoms. The molecule has 1 atom stereocenters. The van der Waals surface area contributed by atoms with Crippen LogP contribution in [0.4, 0.5) is 13.2 Å². The Labute approximate surface area is 116 Å². The van der Waals surface area contributed by atoms with Crippen molar-refractivity contribution in [2.45, 2.75) is 25.7 Å². The molecule has 1 aromatic carbocycles. The number of halogens is 3. The van der Waals surface area contributed by atoms with Gasteiger partial charge in [0.15, 0.2) is 0 Å². The summed E-state index contributed by atoms with van der Waals surface area (Å²) < 4.78 is 40.5. The third kappa shape index (κ3) is 4.68. The molecule has 1 saturated heterocycles. The second kappa shape index (κ2) is 6.45. The van der Waals surface area contributed by atoms with Crippen LogP contribution in [0.1, 0.15) is 18.4 Å². The molecule has 1 heterocycles. The SMILES string of the molecule is NCC1CCCN(Cc2cccc(OC(F)(F)F)c2)C1. The number of ether oxygens (including phenoxy) is 1. The summed E-state index contributed by atoms with van der Waals surface area (Å²) in [4.78, 5) is 2.23. The van der Waals surface area contributed by atoms with Crippen molar-refractivity contribution in [3.63, 3.8) is 0 Å². The number of piperidine rings is 1. The summed E-state index contributed by atoms with van der Waals surface area (Å²) in [5, 5.41) is 0. The van der Waals surface area contributed by atoms with Crippen molar-refractivity contribution in [2.75, 3.05) is 19.6 Å². The van der Waals surface area contributed by atoms with Crippen LogP contribution < -0.4 is 10.5 Å². The summed E-state index contributed by atoms with van der Waals surface area (Å²) in [5.41, 5.74) is 6.50. The van der Waals surface area contributed by atoms with Crippen LogP contribution in [0.25, 0.3) is 0 Å². The molecule has 6 heteroatoms. The third-order valence-electron chi connectivity index (χ3n) is 3.47. The minimum atomic E-state index is -4.64. The van der Waals surface area contributed by atoms with Crippen molar-refractivity contribution < 1.29 is 17.9 Å². The lowest BCUT2D eigenvalue weighted by Crippen LogP contribution is -2.37. The standard InChI is InChI=1S/C14H19F3N2O/c15-14(16,17)20-13-5-1-3-11(7-13)9-19-6-2-4-12(8-18)10-19/h1,3,5,7,12H,2,4,6,8-10,18H2. The number of nitrogens with two attached hydrogens (primary N) is 1. The largest absolute Gasteiger partial charge is 0.573 e. The van der Waals surface area contributed by atoms with Crippen LogP contribution >= 0.6 is 0 Å². The van der Waals surface area contributed by atoms with Crippen LogP contribution in [0.15, 0.2) is 24.3 Å². The first-order chi connectivity index (χ1) is 9.46. The zero-order valence-electron chi connectivity index (χ0n) is 11.2. The molecule has 0 aromatic heterocycles. The van der Waals surface area contributed by atoms with Crippen molar-refractivity contribution in [3.05, 3.63) is 29.8 Å². The molecule has 2 N–H and O–H groups in total. The molecule has 0 aliphatic carbocycles. The molecule has 3 nitrogen and oxygen atoms in total. The van der Waals surface area contributed by atoms with Gasteiger partial charge in [-0.2, -0.15) is 0 Å². The molecule has 0 bridgehead atoms. The van der Waals surface area contributed by atoms with Crippen LogP contribution in [-0.4, -0.2) is 30.9 Å². The maximum atomic E-state index is 12.2. The predicted octanol–water partition coefficient (Wildman–Crippen LogP) is 2.76. The fourth-order valence-corrected chi connectivity index (χ4v) is 2.59. The van der Waals surface area contributed by atoms with Crippen molar-refractivity contribution in [3.8, 4) is 5.75 Å². The van der Waals surface area contributed by atoms with Crippen LogP contribution in [0, 0.1) is 5.92 Å². The topological polar surface area (TPSA) is 38.5 Å². The molecule has 20 heavy (non-hydrogen) atoms. The van der Waals surface area contributed by atoms with E-state index < -0.39 is 6.36 Å². The number of alkyl halides is 3. The van der Waals surface area contributed by atoms with E-state index in [9.17, 15) is 13.2 Å². The average molecular weight is 288 g/mol. The molecule has 0 saturated carbocycles. The maximum absolute atomic E-state index is 12.2. The molecule has 0 radical (unpaired) electrons. The predicted molar refractivity (Wildman–Crippen MR) is 70.2 cm³/mol. The van der Waals surface area contributed by atoms with Gasteiger partial charge in [-0.05, 0) is 49.5 Å². The van der Waals surface area contributed by atoms with E-state index in [4.69, 9.17) is 5.73 Å². The van der Waals surface area contributed by atoms with E-state index in [0.29, 0.717) is 19.0 Å². The van der Waals surface area contributed by atoms with E-state index in [1.807, 2.05) is 6.07 Å². The first-order valence-electron chi connectivity index (χ1n) is 6.73. The maximum Gasteiger partial charge on any atom is 0.573 e. The van der Waals surface area contributed by atoms with Gasteiger partial charge in [0.1, 0.15) is 5.75 Å². The second-order valence-corrected chi connectivity index (χ2v) is 5.17. The van der Waals surface area contributed by atoms with Crippen LogP contribution in [0.2, 0.25) is 0 Å². The number of rotatable bonds is 4. The summed E-state index contributed by atoms with van der Waals surface area (Å²) in [6.07, 6.45) is -2.43. The van der Waals surface area contributed by atoms with Gasteiger partial charge >= 0.3 is 6.36 Å². The van der Waals surface area contributed by atoms with Crippen molar-refractivity contribution >= 4 is 0 Å². The molecule has 1 aliphatic rings. The second-order valence-electron chi connectivity index (χ2n) is 5.17. The van der Waals surface area contributed by atoms with Gasteiger partial charge in [-0.25, -0.2) is 0 Å². The van der Waals surface area contributed by atoms with E-state index in [1.165, 1.54) is 12.1 Å².